The molecule has 1 aromatic carbocycles. The van der Waals surface area contributed by atoms with Gasteiger partial charge in [0.05, 0.1) is 7.11 Å². The third-order valence-corrected chi connectivity index (χ3v) is 2.07. The molecule has 0 aliphatic heterocycles. The lowest BCUT2D eigenvalue weighted by Gasteiger charge is -2.16. The van der Waals surface area contributed by atoms with Crippen LogP contribution in [0.2, 0.25) is 0 Å². The summed E-state index contributed by atoms with van der Waals surface area (Å²) in [4.78, 5) is 11.3. The molecule has 18 heavy (non-hydrogen) atoms. The lowest BCUT2D eigenvalue weighted by molar-refractivity contribution is -0.210. The van der Waals surface area contributed by atoms with E-state index in [0.717, 1.165) is 7.11 Å². The highest BCUT2D eigenvalue weighted by Gasteiger charge is 2.38. The maximum atomic E-state index is 12.1. The van der Waals surface area contributed by atoms with E-state index in [4.69, 9.17) is 9.84 Å². The second-order valence-electron chi connectivity index (χ2n) is 3.36. The topological polar surface area (TPSA) is 55.8 Å². The monoisotopic (exact) mass is 264 g/mol. The van der Waals surface area contributed by atoms with Gasteiger partial charge in [-0.3, -0.25) is 0 Å². The Morgan fingerprint density at radius 1 is 1.39 bits per heavy atom. The Hall–Kier alpha value is -1.76. The minimum atomic E-state index is -4.76. The van der Waals surface area contributed by atoms with Crippen molar-refractivity contribution in [2.75, 3.05) is 13.7 Å². The quantitative estimate of drug-likeness (QED) is 0.842. The van der Waals surface area contributed by atoms with Crippen LogP contribution in [0.1, 0.15) is 10.4 Å². The first kappa shape index (κ1) is 14.3. The molecule has 1 unspecified atom stereocenters. The van der Waals surface area contributed by atoms with E-state index in [0.29, 0.717) is 0 Å². The lowest BCUT2D eigenvalue weighted by Crippen LogP contribution is -2.34. The van der Waals surface area contributed by atoms with Gasteiger partial charge in [0.15, 0.2) is 6.10 Å². The van der Waals surface area contributed by atoms with Crippen molar-refractivity contribution in [3.8, 4) is 5.75 Å². The van der Waals surface area contributed by atoms with Crippen molar-refractivity contribution in [2.45, 2.75) is 12.3 Å². The number of carbonyl (C=O) groups excluding carboxylic acids is 1. The number of ether oxygens (including phenoxy) is 2. The van der Waals surface area contributed by atoms with E-state index in [1.54, 1.807) is 0 Å². The molecule has 7 heteroatoms. The Labute approximate surface area is 101 Å². The van der Waals surface area contributed by atoms with E-state index in [2.05, 4.69) is 4.74 Å². The predicted molar refractivity (Wildman–Crippen MR) is 55.3 cm³/mol. The van der Waals surface area contributed by atoms with Crippen LogP contribution in [0.4, 0.5) is 13.2 Å². The van der Waals surface area contributed by atoms with E-state index in [1.807, 2.05) is 0 Å². The number of para-hydroxylation sites is 1. The lowest BCUT2D eigenvalue weighted by atomic mass is 10.2. The summed E-state index contributed by atoms with van der Waals surface area (Å²) in [6, 6.07) is 5.66. The molecule has 0 saturated carbocycles. The fraction of sp³-hybridized carbons (Fsp3) is 0.364. The Morgan fingerprint density at radius 2 is 2.00 bits per heavy atom. The second-order valence-corrected chi connectivity index (χ2v) is 3.36. The van der Waals surface area contributed by atoms with Gasteiger partial charge < -0.3 is 14.6 Å². The van der Waals surface area contributed by atoms with Crippen LogP contribution in [-0.4, -0.2) is 37.1 Å². The molecule has 4 nitrogen and oxygen atoms in total. The zero-order valence-electron chi connectivity index (χ0n) is 9.40. The summed E-state index contributed by atoms with van der Waals surface area (Å²) in [6.07, 6.45) is -7.37. The molecule has 1 rings (SSSR count). The third kappa shape index (κ3) is 3.63. The summed E-state index contributed by atoms with van der Waals surface area (Å²) in [5.41, 5.74) is -0.00521. The number of rotatable bonds is 4. The summed E-state index contributed by atoms with van der Waals surface area (Å²) < 4.78 is 45.4. The van der Waals surface area contributed by atoms with Crippen molar-refractivity contribution < 1.29 is 32.5 Å². The minimum Gasteiger partial charge on any atom is -0.490 e. The van der Waals surface area contributed by atoms with E-state index in [9.17, 15) is 18.0 Å². The van der Waals surface area contributed by atoms with Crippen LogP contribution in [-0.2, 0) is 4.74 Å². The number of benzene rings is 1. The molecule has 0 aliphatic rings. The number of aliphatic hydroxyl groups excluding tert-OH is 1. The van der Waals surface area contributed by atoms with Gasteiger partial charge in [0.25, 0.3) is 0 Å². The number of halogens is 3. The van der Waals surface area contributed by atoms with Gasteiger partial charge in [0, 0.05) is 0 Å². The molecule has 0 heterocycles. The number of methoxy groups -OCH3 is 1. The van der Waals surface area contributed by atoms with Gasteiger partial charge in [-0.15, -0.1) is 0 Å². The first-order valence-electron chi connectivity index (χ1n) is 4.91. The third-order valence-electron chi connectivity index (χ3n) is 2.07. The van der Waals surface area contributed by atoms with E-state index in [-0.39, 0.29) is 11.3 Å². The van der Waals surface area contributed by atoms with Gasteiger partial charge in [-0.25, -0.2) is 4.79 Å². The number of hydrogen-bond donors (Lipinski definition) is 1. The van der Waals surface area contributed by atoms with Crippen LogP contribution in [0.5, 0.6) is 5.75 Å². The van der Waals surface area contributed by atoms with Crippen LogP contribution in [0.3, 0.4) is 0 Å². The molecular formula is C11H11F3O4. The molecule has 0 bridgehead atoms. The molecule has 0 spiro atoms. The number of carbonyl (C=O) groups is 1. The Balaban J connectivity index is 2.76. The number of hydrogen-bond acceptors (Lipinski definition) is 4. The predicted octanol–water partition coefficient (Wildman–Crippen LogP) is 1.78. The average Bonchev–Trinajstić information content (AvgIpc) is 2.34. The van der Waals surface area contributed by atoms with Crippen LogP contribution >= 0.6 is 0 Å². The maximum Gasteiger partial charge on any atom is 0.417 e. The van der Waals surface area contributed by atoms with Crippen LogP contribution in [0.25, 0.3) is 0 Å². The first-order chi connectivity index (χ1) is 8.36. The summed E-state index contributed by atoms with van der Waals surface area (Å²) in [6.45, 7) is -0.989. The Kier molecular flexibility index (Phi) is 4.55. The van der Waals surface area contributed by atoms with Crippen LogP contribution in [0, 0.1) is 0 Å². The molecule has 1 N–H and O–H groups in total. The molecule has 0 saturated heterocycles. The summed E-state index contributed by atoms with van der Waals surface area (Å²) in [5, 5.41) is 8.77. The van der Waals surface area contributed by atoms with Gasteiger partial charge in [0.2, 0.25) is 0 Å². The van der Waals surface area contributed by atoms with Crippen molar-refractivity contribution in [1.82, 2.24) is 0 Å². The Bertz CT molecular complexity index is 417. The van der Waals surface area contributed by atoms with Crippen molar-refractivity contribution >= 4 is 5.97 Å². The highest BCUT2D eigenvalue weighted by Crippen LogP contribution is 2.23. The molecular weight excluding hydrogens is 253 g/mol. The Morgan fingerprint density at radius 3 is 2.56 bits per heavy atom. The first-order valence-corrected chi connectivity index (χ1v) is 4.91. The van der Waals surface area contributed by atoms with Crippen molar-refractivity contribution in [2.24, 2.45) is 0 Å². The van der Waals surface area contributed by atoms with Gasteiger partial charge in [0.1, 0.15) is 17.9 Å². The standard InChI is InChI=1S/C11H11F3O4/c1-17-10(16)7-4-2-3-5-8(7)18-6-9(15)11(12,13)14/h2-5,9,15H,6H2,1H3. The van der Waals surface area contributed by atoms with E-state index < -0.39 is 24.9 Å². The molecule has 1 atom stereocenters. The van der Waals surface area contributed by atoms with Crippen molar-refractivity contribution in [3.63, 3.8) is 0 Å². The van der Waals surface area contributed by atoms with Crippen molar-refractivity contribution in [3.05, 3.63) is 29.8 Å². The molecule has 0 fully saturated rings. The second kappa shape index (κ2) is 5.72. The smallest absolute Gasteiger partial charge is 0.417 e. The van der Waals surface area contributed by atoms with Gasteiger partial charge >= 0.3 is 12.1 Å². The summed E-state index contributed by atoms with van der Waals surface area (Å²) in [5.74, 6) is -0.806. The van der Waals surface area contributed by atoms with Gasteiger partial charge in [-0.2, -0.15) is 13.2 Å². The fourth-order valence-corrected chi connectivity index (χ4v) is 1.13. The molecule has 0 radical (unpaired) electrons. The van der Waals surface area contributed by atoms with Crippen LogP contribution in [0.15, 0.2) is 24.3 Å². The highest BCUT2D eigenvalue weighted by molar-refractivity contribution is 5.92. The number of alkyl halides is 3. The largest absolute Gasteiger partial charge is 0.490 e. The van der Waals surface area contributed by atoms with Gasteiger partial charge in [-0.1, -0.05) is 12.1 Å². The fourth-order valence-electron chi connectivity index (χ4n) is 1.13. The van der Waals surface area contributed by atoms with E-state index in [1.165, 1.54) is 24.3 Å². The molecule has 0 aromatic heterocycles. The number of esters is 1. The summed E-state index contributed by atoms with van der Waals surface area (Å²) >= 11 is 0. The molecule has 1 aromatic rings. The minimum absolute atomic E-state index is 0.00521. The number of aliphatic hydroxyl groups is 1. The molecule has 100 valence electrons. The summed E-state index contributed by atoms with van der Waals surface area (Å²) in [7, 11) is 1.14. The van der Waals surface area contributed by atoms with Crippen LogP contribution < -0.4 is 4.74 Å². The highest BCUT2D eigenvalue weighted by atomic mass is 19.4. The van der Waals surface area contributed by atoms with E-state index >= 15 is 0 Å². The van der Waals surface area contributed by atoms with Crippen molar-refractivity contribution in [1.29, 1.82) is 0 Å². The zero-order chi connectivity index (χ0) is 13.8. The van der Waals surface area contributed by atoms with Gasteiger partial charge in [-0.05, 0) is 12.1 Å². The molecule has 0 aliphatic carbocycles. The normalized spacial score (nSPS) is 12.9. The SMILES string of the molecule is COC(=O)c1ccccc1OCC(O)C(F)(F)F. The molecule has 0 amide bonds. The zero-order valence-corrected chi connectivity index (χ0v) is 9.40. The average molecular weight is 264 g/mol. The maximum absolute atomic E-state index is 12.1.